The number of hydrogen-bond donors (Lipinski definition) is 1. The summed E-state index contributed by atoms with van der Waals surface area (Å²) < 4.78 is 51.5. The molecule has 0 aliphatic carbocycles. The second-order valence-corrected chi connectivity index (χ2v) is 5.87. The van der Waals surface area contributed by atoms with Crippen molar-refractivity contribution in [1.82, 2.24) is 10.2 Å². The fourth-order valence-corrected chi connectivity index (χ4v) is 2.86. The van der Waals surface area contributed by atoms with Crippen molar-refractivity contribution in [2.75, 3.05) is 26.2 Å². The molecule has 23 heavy (non-hydrogen) atoms. The van der Waals surface area contributed by atoms with Gasteiger partial charge >= 0.3 is 6.18 Å². The van der Waals surface area contributed by atoms with Crippen molar-refractivity contribution in [2.45, 2.75) is 32.5 Å². The predicted octanol–water partition coefficient (Wildman–Crippen LogP) is 4.09. The molecule has 0 spiro atoms. The van der Waals surface area contributed by atoms with Crippen LogP contribution in [0, 0.1) is 11.7 Å². The standard InChI is InChI=1S/C16H22F4N2.ClH/c1-2-21-10-12-3-5-22(6-4-12)11-13-7-14(16(18,19)20)9-15(17)8-13;/h7-9,12,21H,2-6,10-11H2,1H3;1H. The molecule has 0 saturated carbocycles. The summed E-state index contributed by atoms with van der Waals surface area (Å²) in [5.41, 5.74) is -0.526. The van der Waals surface area contributed by atoms with Crippen molar-refractivity contribution < 1.29 is 17.6 Å². The topological polar surface area (TPSA) is 15.3 Å². The van der Waals surface area contributed by atoms with E-state index in [9.17, 15) is 17.6 Å². The third-order valence-corrected chi connectivity index (χ3v) is 4.08. The molecule has 1 aliphatic heterocycles. The molecule has 132 valence electrons. The average Bonchev–Trinajstić information content (AvgIpc) is 2.45. The zero-order valence-corrected chi connectivity index (χ0v) is 13.9. The lowest BCUT2D eigenvalue weighted by Gasteiger charge is -2.32. The van der Waals surface area contributed by atoms with Gasteiger partial charge in [0.25, 0.3) is 0 Å². The highest BCUT2D eigenvalue weighted by Gasteiger charge is 2.31. The molecule has 0 bridgehead atoms. The molecular formula is C16H23ClF4N2. The lowest BCUT2D eigenvalue weighted by Crippen LogP contribution is -2.36. The van der Waals surface area contributed by atoms with Crippen LogP contribution in [0.2, 0.25) is 0 Å². The number of piperidine rings is 1. The first-order chi connectivity index (χ1) is 10.4. The van der Waals surface area contributed by atoms with Crippen LogP contribution < -0.4 is 5.32 Å². The Kier molecular flexibility index (Phi) is 7.77. The summed E-state index contributed by atoms with van der Waals surface area (Å²) in [5, 5.41) is 3.32. The van der Waals surface area contributed by atoms with E-state index in [4.69, 9.17) is 0 Å². The number of benzene rings is 1. The Bertz CT molecular complexity index is 485. The number of halogens is 5. The third-order valence-electron chi connectivity index (χ3n) is 4.08. The Balaban J connectivity index is 0.00000264. The number of nitrogens with zero attached hydrogens (tertiary/aromatic N) is 1. The SMILES string of the molecule is CCNCC1CCN(Cc2cc(F)cc(C(F)(F)F)c2)CC1.Cl. The molecule has 0 atom stereocenters. The molecule has 1 aromatic carbocycles. The highest BCUT2D eigenvalue weighted by Crippen LogP contribution is 2.31. The van der Waals surface area contributed by atoms with Crippen LogP contribution in [-0.2, 0) is 12.7 Å². The number of nitrogens with one attached hydrogen (secondary N) is 1. The quantitative estimate of drug-likeness (QED) is 0.801. The van der Waals surface area contributed by atoms with Gasteiger partial charge in [-0.05, 0) is 68.7 Å². The van der Waals surface area contributed by atoms with Crippen LogP contribution in [0.15, 0.2) is 18.2 Å². The van der Waals surface area contributed by atoms with Gasteiger partial charge in [0, 0.05) is 6.54 Å². The third kappa shape index (κ3) is 6.28. The van der Waals surface area contributed by atoms with Gasteiger partial charge in [0.15, 0.2) is 0 Å². The van der Waals surface area contributed by atoms with E-state index in [1.165, 1.54) is 6.07 Å². The largest absolute Gasteiger partial charge is 0.416 e. The van der Waals surface area contributed by atoms with Crippen LogP contribution in [-0.4, -0.2) is 31.1 Å². The molecule has 0 amide bonds. The van der Waals surface area contributed by atoms with Crippen LogP contribution in [0.3, 0.4) is 0 Å². The zero-order valence-electron chi connectivity index (χ0n) is 13.1. The minimum Gasteiger partial charge on any atom is -0.317 e. The van der Waals surface area contributed by atoms with E-state index in [1.54, 1.807) is 0 Å². The molecule has 1 fully saturated rings. The molecule has 1 heterocycles. The van der Waals surface area contributed by atoms with Gasteiger partial charge in [-0.15, -0.1) is 12.4 Å². The Morgan fingerprint density at radius 3 is 2.39 bits per heavy atom. The van der Waals surface area contributed by atoms with Crippen molar-refractivity contribution in [2.24, 2.45) is 5.92 Å². The van der Waals surface area contributed by atoms with Gasteiger partial charge in [-0.25, -0.2) is 4.39 Å². The highest BCUT2D eigenvalue weighted by atomic mass is 35.5. The maximum Gasteiger partial charge on any atom is 0.416 e. The minimum atomic E-state index is -4.50. The van der Waals surface area contributed by atoms with E-state index in [2.05, 4.69) is 17.1 Å². The number of likely N-dealkylation sites (tertiary alicyclic amines) is 1. The first kappa shape index (κ1) is 20.2. The minimum absolute atomic E-state index is 0. The lowest BCUT2D eigenvalue weighted by atomic mass is 9.96. The van der Waals surface area contributed by atoms with E-state index < -0.39 is 17.6 Å². The van der Waals surface area contributed by atoms with E-state index >= 15 is 0 Å². The molecule has 0 radical (unpaired) electrons. The second kappa shape index (κ2) is 8.85. The maximum atomic E-state index is 13.4. The fraction of sp³-hybridized carbons (Fsp3) is 0.625. The van der Waals surface area contributed by atoms with E-state index in [0.717, 1.165) is 45.1 Å². The van der Waals surface area contributed by atoms with Crippen LogP contribution >= 0.6 is 12.4 Å². The van der Waals surface area contributed by atoms with E-state index in [-0.39, 0.29) is 12.4 Å². The van der Waals surface area contributed by atoms with Crippen molar-refractivity contribution in [1.29, 1.82) is 0 Å². The second-order valence-electron chi connectivity index (χ2n) is 5.87. The van der Waals surface area contributed by atoms with Crippen LogP contribution in [0.5, 0.6) is 0 Å². The summed E-state index contributed by atoms with van der Waals surface area (Å²) in [6.07, 6.45) is -2.46. The van der Waals surface area contributed by atoms with Crippen molar-refractivity contribution >= 4 is 12.4 Å². The van der Waals surface area contributed by atoms with Crippen LogP contribution in [0.4, 0.5) is 17.6 Å². The van der Waals surface area contributed by atoms with Crippen LogP contribution in [0.25, 0.3) is 0 Å². The normalized spacial score (nSPS) is 17.1. The molecule has 1 N–H and O–H groups in total. The first-order valence-corrected chi connectivity index (χ1v) is 7.68. The monoisotopic (exact) mass is 354 g/mol. The van der Waals surface area contributed by atoms with Gasteiger partial charge < -0.3 is 5.32 Å². The average molecular weight is 355 g/mol. The highest BCUT2D eigenvalue weighted by molar-refractivity contribution is 5.85. The fourth-order valence-electron chi connectivity index (χ4n) is 2.86. The smallest absolute Gasteiger partial charge is 0.317 e. The van der Waals surface area contributed by atoms with Gasteiger partial charge in [0.05, 0.1) is 5.56 Å². The molecule has 7 heteroatoms. The molecule has 2 nitrogen and oxygen atoms in total. The molecule has 2 rings (SSSR count). The molecule has 0 aromatic heterocycles. The maximum absolute atomic E-state index is 13.4. The van der Waals surface area contributed by atoms with Gasteiger partial charge in [0.2, 0.25) is 0 Å². The Morgan fingerprint density at radius 2 is 1.83 bits per heavy atom. The summed E-state index contributed by atoms with van der Waals surface area (Å²) in [4.78, 5) is 2.09. The van der Waals surface area contributed by atoms with Crippen molar-refractivity contribution in [3.8, 4) is 0 Å². The summed E-state index contributed by atoms with van der Waals surface area (Å²) >= 11 is 0. The molecular weight excluding hydrogens is 332 g/mol. The number of alkyl halides is 3. The van der Waals surface area contributed by atoms with Crippen molar-refractivity contribution in [3.63, 3.8) is 0 Å². The van der Waals surface area contributed by atoms with E-state index in [1.807, 2.05) is 0 Å². The Morgan fingerprint density at radius 1 is 1.17 bits per heavy atom. The summed E-state index contributed by atoms with van der Waals surface area (Å²) in [6.45, 7) is 6.06. The molecule has 1 aromatic rings. The van der Waals surface area contributed by atoms with Gasteiger partial charge in [-0.2, -0.15) is 13.2 Å². The van der Waals surface area contributed by atoms with E-state index in [0.29, 0.717) is 24.1 Å². The Labute approximate surface area is 140 Å². The predicted molar refractivity (Wildman–Crippen MR) is 85.2 cm³/mol. The summed E-state index contributed by atoms with van der Waals surface area (Å²) in [6, 6.07) is 2.79. The number of rotatable bonds is 5. The summed E-state index contributed by atoms with van der Waals surface area (Å²) in [7, 11) is 0. The lowest BCUT2D eigenvalue weighted by molar-refractivity contribution is -0.137. The zero-order chi connectivity index (χ0) is 16.2. The van der Waals surface area contributed by atoms with Crippen molar-refractivity contribution in [3.05, 3.63) is 35.1 Å². The number of hydrogen-bond acceptors (Lipinski definition) is 2. The summed E-state index contributed by atoms with van der Waals surface area (Å²) in [5.74, 6) is -0.207. The van der Waals surface area contributed by atoms with Crippen LogP contribution in [0.1, 0.15) is 30.9 Å². The van der Waals surface area contributed by atoms with Gasteiger partial charge in [-0.1, -0.05) is 6.92 Å². The van der Waals surface area contributed by atoms with Gasteiger partial charge in [0.1, 0.15) is 5.82 Å². The van der Waals surface area contributed by atoms with Gasteiger partial charge in [-0.3, -0.25) is 4.90 Å². The molecule has 0 unspecified atom stereocenters. The molecule has 1 saturated heterocycles. The first-order valence-electron chi connectivity index (χ1n) is 7.68. The Hall–Kier alpha value is -0.850. The molecule has 1 aliphatic rings.